The van der Waals surface area contributed by atoms with E-state index in [1.807, 2.05) is 6.92 Å². The zero-order valence-corrected chi connectivity index (χ0v) is 8.55. The van der Waals surface area contributed by atoms with Crippen LogP contribution in [-0.4, -0.2) is 16.1 Å². The first-order valence-electron chi connectivity index (χ1n) is 5.23. The maximum Gasteiger partial charge on any atom is 0.0925 e. The number of aryl methyl sites for hydroxylation is 1. The van der Waals surface area contributed by atoms with Crippen LogP contribution in [0.25, 0.3) is 0 Å². The van der Waals surface area contributed by atoms with Gasteiger partial charge in [-0.2, -0.15) is 5.48 Å². The lowest BCUT2D eigenvalue weighted by atomic mass is 10.3. The number of hydroxylamine groups is 1. The SMILES string of the molecule is Cc1[nH]cnc1CNOC1CCCC1. The van der Waals surface area contributed by atoms with Gasteiger partial charge in [-0.3, -0.25) is 4.84 Å². The minimum atomic E-state index is 0.411. The van der Waals surface area contributed by atoms with Crippen molar-refractivity contribution in [3.05, 3.63) is 17.7 Å². The molecule has 2 rings (SSSR count). The highest BCUT2D eigenvalue weighted by Gasteiger charge is 2.15. The molecule has 0 aliphatic heterocycles. The predicted octanol–water partition coefficient (Wildman–Crippen LogP) is 1.68. The summed E-state index contributed by atoms with van der Waals surface area (Å²) in [5, 5.41) is 0. The van der Waals surface area contributed by atoms with Gasteiger partial charge in [-0.15, -0.1) is 0 Å². The number of hydrogen-bond acceptors (Lipinski definition) is 3. The van der Waals surface area contributed by atoms with Gasteiger partial charge in [0, 0.05) is 5.69 Å². The molecular weight excluding hydrogens is 178 g/mol. The highest BCUT2D eigenvalue weighted by molar-refractivity contribution is 5.07. The Kier molecular flexibility index (Phi) is 3.16. The smallest absolute Gasteiger partial charge is 0.0925 e. The van der Waals surface area contributed by atoms with Gasteiger partial charge in [0.05, 0.1) is 24.7 Å². The van der Waals surface area contributed by atoms with E-state index in [4.69, 9.17) is 4.84 Å². The number of rotatable bonds is 4. The van der Waals surface area contributed by atoms with Gasteiger partial charge in [-0.25, -0.2) is 4.98 Å². The molecule has 4 nitrogen and oxygen atoms in total. The summed E-state index contributed by atoms with van der Waals surface area (Å²) in [5.74, 6) is 0. The highest BCUT2D eigenvalue weighted by atomic mass is 16.7. The summed E-state index contributed by atoms with van der Waals surface area (Å²) in [5.41, 5.74) is 5.12. The van der Waals surface area contributed by atoms with Crippen molar-refractivity contribution in [3.8, 4) is 0 Å². The summed E-state index contributed by atoms with van der Waals surface area (Å²) >= 11 is 0. The van der Waals surface area contributed by atoms with Gasteiger partial charge in [0.2, 0.25) is 0 Å². The first-order chi connectivity index (χ1) is 6.86. The van der Waals surface area contributed by atoms with E-state index >= 15 is 0 Å². The lowest BCUT2D eigenvalue weighted by Gasteiger charge is -2.10. The van der Waals surface area contributed by atoms with Crippen molar-refractivity contribution in [1.29, 1.82) is 0 Å². The van der Waals surface area contributed by atoms with Crippen LogP contribution in [0.15, 0.2) is 6.33 Å². The molecule has 14 heavy (non-hydrogen) atoms. The average Bonchev–Trinajstić information content (AvgIpc) is 2.78. The molecule has 0 unspecified atom stereocenters. The third-order valence-electron chi connectivity index (χ3n) is 2.73. The molecule has 0 saturated heterocycles. The van der Waals surface area contributed by atoms with Crippen LogP contribution in [0.4, 0.5) is 0 Å². The van der Waals surface area contributed by atoms with E-state index in [0.717, 1.165) is 11.4 Å². The maximum atomic E-state index is 5.53. The van der Waals surface area contributed by atoms with E-state index in [0.29, 0.717) is 12.6 Å². The maximum absolute atomic E-state index is 5.53. The van der Waals surface area contributed by atoms with E-state index in [2.05, 4.69) is 15.4 Å². The molecule has 0 bridgehead atoms. The summed E-state index contributed by atoms with van der Waals surface area (Å²) in [6.07, 6.45) is 7.09. The van der Waals surface area contributed by atoms with Crippen molar-refractivity contribution in [2.45, 2.75) is 45.3 Å². The molecule has 4 heteroatoms. The summed E-state index contributed by atoms with van der Waals surface area (Å²) in [4.78, 5) is 12.7. The van der Waals surface area contributed by atoms with Crippen LogP contribution < -0.4 is 5.48 Å². The summed E-state index contributed by atoms with van der Waals surface area (Å²) in [6, 6.07) is 0. The molecule has 0 amide bonds. The van der Waals surface area contributed by atoms with E-state index in [9.17, 15) is 0 Å². The number of aromatic nitrogens is 2. The fraction of sp³-hybridized carbons (Fsp3) is 0.700. The zero-order chi connectivity index (χ0) is 9.80. The van der Waals surface area contributed by atoms with Gasteiger partial charge in [0.15, 0.2) is 0 Å². The van der Waals surface area contributed by atoms with Crippen LogP contribution >= 0.6 is 0 Å². The molecule has 1 heterocycles. The molecule has 1 saturated carbocycles. The number of aromatic amines is 1. The molecule has 0 atom stereocenters. The first kappa shape index (κ1) is 9.68. The fourth-order valence-electron chi connectivity index (χ4n) is 1.80. The Balaban J connectivity index is 1.70. The second-order valence-electron chi connectivity index (χ2n) is 3.82. The van der Waals surface area contributed by atoms with Crippen molar-refractivity contribution in [3.63, 3.8) is 0 Å². The topological polar surface area (TPSA) is 49.9 Å². The molecule has 0 radical (unpaired) electrons. The van der Waals surface area contributed by atoms with Gasteiger partial charge in [-0.1, -0.05) is 12.8 Å². The van der Waals surface area contributed by atoms with Crippen LogP contribution in [0.2, 0.25) is 0 Å². The average molecular weight is 195 g/mol. The molecular formula is C10H17N3O. The monoisotopic (exact) mass is 195 g/mol. The second kappa shape index (κ2) is 4.57. The van der Waals surface area contributed by atoms with Gasteiger partial charge >= 0.3 is 0 Å². The Bertz CT molecular complexity index is 279. The number of imidazole rings is 1. The number of H-pyrrole nitrogens is 1. The predicted molar refractivity (Wildman–Crippen MR) is 53.5 cm³/mol. The van der Waals surface area contributed by atoms with E-state index in [1.54, 1.807) is 6.33 Å². The lowest BCUT2D eigenvalue weighted by Crippen LogP contribution is -2.21. The Morgan fingerprint density at radius 2 is 2.36 bits per heavy atom. The van der Waals surface area contributed by atoms with Crippen molar-refractivity contribution in [1.82, 2.24) is 15.4 Å². The van der Waals surface area contributed by atoms with Crippen molar-refractivity contribution in [2.24, 2.45) is 0 Å². The normalized spacial score (nSPS) is 17.8. The Hall–Kier alpha value is -0.870. The van der Waals surface area contributed by atoms with Crippen LogP contribution in [0.3, 0.4) is 0 Å². The lowest BCUT2D eigenvalue weighted by molar-refractivity contribution is -0.0249. The minimum absolute atomic E-state index is 0.411. The highest BCUT2D eigenvalue weighted by Crippen LogP contribution is 2.19. The molecule has 1 fully saturated rings. The molecule has 0 aromatic carbocycles. The molecule has 0 spiro atoms. The summed E-state index contributed by atoms with van der Waals surface area (Å²) in [7, 11) is 0. The zero-order valence-electron chi connectivity index (χ0n) is 8.55. The minimum Gasteiger partial charge on any atom is -0.348 e. The molecule has 78 valence electrons. The third kappa shape index (κ3) is 2.33. The summed E-state index contributed by atoms with van der Waals surface area (Å²) < 4.78 is 0. The van der Waals surface area contributed by atoms with Crippen molar-refractivity contribution < 1.29 is 4.84 Å². The third-order valence-corrected chi connectivity index (χ3v) is 2.73. The molecule has 1 aliphatic carbocycles. The fourth-order valence-corrected chi connectivity index (χ4v) is 1.80. The van der Waals surface area contributed by atoms with Crippen molar-refractivity contribution in [2.75, 3.05) is 0 Å². The Morgan fingerprint density at radius 3 is 3.00 bits per heavy atom. The van der Waals surface area contributed by atoms with Crippen LogP contribution in [-0.2, 0) is 11.4 Å². The quantitative estimate of drug-likeness (QED) is 0.719. The van der Waals surface area contributed by atoms with E-state index < -0.39 is 0 Å². The molecule has 1 aromatic rings. The van der Waals surface area contributed by atoms with E-state index in [-0.39, 0.29) is 0 Å². The van der Waals surface area contributed by atoms with Crippen molar-refractivity contribution >= 4 is 0 Å². The number of hydrogen-bond donors (Lipinski definition) is 2. The Labute approximate surface area is 84.0 Å². The standard InChI is InChI=1S/C10H17N3O/c1-8-10(12-7-11-8)6-13-14-9-4-2-3-5-9/h7,9,13H,2-6H2,1H3,(H,11,12). The molecule has 1 aliphatic rings. The van der Waals surface area contributed by atoms with Gasteiger partial charge in [-0.05, 0) is 19.8 Å². The van der Waals surface area contributed by atoms with E-state index in [1.165, 1.54) is 25.7 Å². The van der Waals surface area contributed by atoms with Gasteiger partial charge < -0.3 is 4.98 Å². The van der Waals surface area contributed by atoms with Gasteiger partial charge in [0.25, 0.3) is 0 Å². The Morgan fingerprint density at radius 1 is 1.57 bits per heavy atom. The first-order valence-corrected chi connectivity index (χ1v) is 5.23. The number of nitrogens with zero attached hydrogens (tertiary/aromatic N) is 1. The number of nitrogens with one attached hydrogen (secondary N) is 2. The van der Waals surface area contributed by atoms with Crippen LogP contribution in [0.1, 0.15) is 37.1 Å². The molecule has 1 aromatic heterocycles. The van der Waals surface area contributed by atoms with Gasteiger partial charge in [0.1, 0.15) is 0 Å². The van der Waals surface area contributed by atoms with Crippen LogP contribution in [0, 0.1) is 6.92 Å². The van der Waals surface area contributed by atoms with Crippen LogP contribution in [0.5, 0.6) is 0 Å². The second-order valence-corrected chi connectivity index (χ2v) is 3.82. The largest absolute Gasteiger partial charge is 0.348 e. The summed E-state index contributed by atoms with van der Waals surface area (Å²) in [6.45, 7) is 2.70. The molecule has 2 N–H and O–H groups in total.